The molecule has 0 amide bonds. The predicted octanol–water partition coefficient (Wildman–Crippen LogP) is 1.15. The van der Waals surface area contributed by atoms with Gasteiger partial charge in [-0.05, 0) is 32.8 Å². The van der Waals surface area contributed by atoms with Gasteiger partial charge in [0.2, 0.25) is 0 Å². The molecule has 1 N–H and O–H groups in total. The zero-order chi connectivity index (χ0) is 11.3. The number of hydrogen-bond acceptors (Lipinski definition) is 3. The molecule has 0 bridgehead atoms. The van der Waals surface area contributed by atoms with Crippen molar-refractivity contribution in [2.24, 2.45) is 0 Å². The largest absolute Gasteiger partial charge is 0.391 e. The second-order valence-electron chi connectivity index (χ2n) is 3.74. The zero-order valence-corrected chi connectivity index (χ0v) is 9.73. The van der Waals surface area contributed by atoms with Gasteiger partial charge in [-0.2, -0.15) is 5.10 Å². The maximum Gasteiger partial charge on any atom is 0.0777 e. The first-order chi connectivity index (χ1) is 7.17. The van der Waals surface area contributed by atoms with Gasteiger partial charge in [0.15, 0.2) is 0 Å². The number of ether oxygens (including phenoxy) is 1. The van der Waals surface area contributed by atoms with Gasteiger partial charge in [-0.15, -0.1) is 0 Å². The summed E-state index contributed by atoms with van der Waals surface area (Å²) in [5, 5.41) is 13.9. The monoisotopic (exact) mass is 212 g/mol. The highest BCUT2D eigenvalue weighted by atomic mass is 16.5. The van der Waals surface area contributed by atoms with E-state index in [4.69, 9.17) is 4.74 Å². The summed E-state index contributed by atoms with van der Waals surface area (Å²) in [4.78, 5) is 0. The zero-order valence-electron chi connectivity index (χ0n) is 9.73. The average molecular weight is 212 g/mol. The van der Waals surface area contributed by atoms with Gasteiger partial charge >= 0.3 is 0 Å². The van der Waals surface area contributed by atoms with Crippen molar-refractivity contribution in [2.75, 3.05) is 13.7 Å². The van der Waals surface area contributed by atoms with Crippen LogP contribution < -0.4 is 0 Å². The van der Waals surface area contributed by atoms with Crippen molar-refractivity contribution in [1.82, 2.24) is 9.78 Å². The third-order valence-corrected chi connectivity index (χ3v) is 2.38. The fraction of sp³-hybridized carbons (Fsp3) is 0.727. The topological polar surface area (TPSA) is 47.3 Å². The molecule has 86 valence electrons. The first-order valence-electron chi connectivity index (χ1n) is 5.37. The van der Waals surface area contributed by atoms with Crippen molar-refractivity contribution < 1.29 is 9.84 Å². The van der Waals surface area contributed by atoms with Gasteiger partial charge in [-0.3, -0.25) is 4.68 Å². The highest BCUT2D eigenvalue weighted by Crippen LogP contribution is 2.08. The lowest BCUT2D eigenvalue weighted by molar-refractivity contribution is 0.0592. The van der Waals surface area contributed by atoms with Gasteiger partial charge in [-0.25, -0.2) is 0 Å². The minimum atomic E-state index is -0.379. The quantitative estimate of drug-likeness (QED) is 0.769. The molecule has 4 heteroatoms. The number of hydrogen-bond donors (Lipinski definition) is 1. The van der Waals surface area contributed by atoms with Gasteiger partial charge in [0.25, 0.3) is 0 Å². The van der Waals surface area contributed by atoms with Crippen molar-refractivity contribution in [2.45, 2.75) is 39.3 Å². The van der Waals surface area contributed by atoms with Crippen LogP contribution in [0.4, 0.5) is 0 Å². The standard InChI is InChI=1S/C11H20N2O2/c1-4-13-10(7-9(2)12-13)5-6-11(14)8-15-3/h7,11,14H,4-6,8H2,1-3H3. The lowest BCUT2D eigenvalue weighted by atomic mass is 10.1. The third-order valence-electron chi connectivity index (χ3n) is 2.38. The Hall–Kier alpha value is -0.870. The van der Waals surface area contributed by atoms with Crippen LogP contribution in [-0.2, 0) is 17.7 Å². The number of rotatable bonds is 6. The maximum atomic E-state index is 9.53. The lowest BCUT2D eigenvalue weighted by Gasteiger charge is -2.09. The number of aliphatic hydroxyl groups excluding tert-OH is 1. The van der Waals surface area contributed by atoms with Crippen LogP contribution in [0.3, 0.4) is 0 Å². The van der Waals surface area contributed by atoms with Gasteiger partial charge in [0.1, 0.15) is 0 Å². The van der Waals surface area contributed by atoms with Gasteiger partial charge in [-0.1, -0.05) is 0 Å². The minimum absolute atomic E-state index is 0.379. The number of aryl methyl sites for hydroxylation is 3. The molecule has 1 unspecified atom stereocenters. The second-order valence-corrected chi connectivity index (χ2v) is 3.74. The fourth-order valence-corrected chi connectivity index (χ4v) is 1.66. The average Bonchev–Trinajstić information content (AvgIpc) is 2.56. The molecule has 15 heavy (non-hydrogen) atoms. The van der Waals surface area contributed by atoms with Crippen LogP contribution in [0.1, 0.15) is 24.7 Å². The molecule has 4 nitrogen and oxygen atoms in total. The molecule has 0 aliphatic rings. The summed E-state index contributed by atoms with van der Waals surface area (Å²) in [6, 6.07) is 2.07. The highest BCUT2D eigenvalue weighted by Gasteiger charge is 2.08. The van der Waals surface area contributed by atoms with E-state index in [1.165, 1.54) is 5.69 Å². The van der Waals surface area contributed by atoms with Crippen LogP contribution in [0.2, 0.25) is 0 Å². The van der Waals surface area contributed by atoms with Gasteiger partial charge < -0.3 is 9.84 Å². The summed E-state index contributed by atoms with van der Waals surface area (Å²) < 4.78 is 6.86. The Morgan fingerprint density at radius 1 is 1.60 bits per heavy atom. The summed E-state index contributed by atoms with van der Waals surface area (Å²) in [6.45, 7) is 5.34. The van der Waals surface area contributed by atoms with Crippen LogP contribution in [0.5, 0.6) is 0 Å². The molecule has 0 fully saturated rings. The molecule has 0 aliphatic heterocycles. The molecule has 1 aromatic heterocycles. The van der Waals surface area contributed by atoms with Crippen molar-refractivity contribution in [1.29, 1.82) is 0 Å². The number of methoxy groups -OCH3 is 1. The van der Waals surface area contributed by atoms with E-state index in [1.54, 1.807) is 7.11 Å². The molecule has 1 aromatic rings. The molecule has 0 saturated heterocycles. The molecule has 0 radical (unpaired) electrons. The summed E-state index contributed by atoms with van der Waals surface area (Å²) in [6.07, 6.45) is 1.19. The lowest BCUT2D eigenvalue weighted by Crippen LogP contribution is -2.15. The molecule has 0 aliphatic carbocycles. The molecule has 1 rings (SSSR count). The summed E-state index contributed by atoms with van der Waals surface area (Å²) in [5.74, 6) is 0. The Labute approximate surface area is 90.9 Å². The fourth-order valence-electron chi connectivity index (χ4n) is 1.66. The number of aromatic nitrogens is 2. The minimum Gasteiger partial charge on any atom is -0.391 e. The van der Waals surface area contributed by atoms with E-state index in [2.05, 4.69) is 18.1 Å². The molecule has 0 saturated carbocycles. The number of nitrogens with zero attached hydrogens (tertiary/aromatic N) is 2. The molecule has 0 aromatic carbocycles. The molecular weight excluding hydrogens is 192 g/mol. The van der Waals surface area contributed by atoms with Crippen LogP contribution in [0, 0.1) is 6.92 Å². The van der Waals surface area contributed by atoms with Crippen molar-refractivity contribution >= 4 is 0 Å². The third kappa shape index (κ3) is 3.64. The van der Waals surface area contributed by atoms with Crippen LogP contribution in [0.15, 0.2) is 6.07 Å². The Balaban J connectivity index is 2.49. The van der Waals surface area contributed by atoms with Crippen LogP contribution in [0.25, 0.3) is 0 Å². The highest BCUT2D eigenvalue weighted by molar-refractivity contribution is 5.09. The van der Waals surface area contributed by atoms with E-state index in [1.807, 2.05) is 11.6 Å². The van der Waals surface area contributed by atoms with E-state index in [0.29, 0.717) is 6.61 Å². The van der Waals surface area contributed by atoms with Gasteiger partial charge in [0.05, 0.1) is 18.4 Å². The molecule has 1 atom stereocenters. The maximum absolute atomic E-state index is 9.53. The Morgan fingerprint density at radius 3 is 2.93 bits per heavy atom. The van der Waals surface area contributed by atoms with E-state index in [-0.39, 0.29) is 6.10 Å². The Kier molecular flexibility index (Phi) is 4.78. The Bertz CT molecular complexity index is 297. The molecule has 1 heterocycles. The number of aliphatic hydroxyl groups is 1. The van der Waals surface area contributed by atoms with Crippen LogP contribution in [-0.4, -0.2) is 34.7 Å². The second kappa shape index (κ2) is 5.88. The van der Waals surface area contributed by atoms with Crippen molar-refractivity contribution in [3.05, 3.63) is 17.5 Å². The first-order valence-corrected chi connectivity index (χ1v) is 5.37. The molecular formula is C11H20N2O2. The molecule has 0 spiro atoms. The van der Waals surface area contributed by atoms with Gasteiger partial charge in [0, 0.05) is 19.3 Å². The predicted molar refractivity (Wildman–Crippen MR) is 58.8 cm³/mol. The summed E-state index contributed by atoms with van der Waals surface area (Å²) in [5.41, 5.74) is 2.22. The summed E-state index contributed by atoms with van der Waals surface area (Å²) in [7, 11) is 1.60. The van der Waals surface area contributed by atoms with Crippen LogP contribution >= 0.6 is 0 Å². The van der Waals surface area contributed by atoms with E-state index in [0.717, 1.165) is 25.1 Å². The van der Waals surface area contributed by atoms with Crippen molar-refractivity contribution in [3.8, 4) is 0 Å². The first kappa shape index (κ1) is 12.2. The summed E-state index contributed by atoms with van der Waals surface area (Å²) >= 11 is 0. The van der Waals surface area contributed by atoms with Crippen molar-refractivity contribution in [3.63, 3.8) is 0 Å². The Morgan fingerprint density at radius 2 is 2.33 bits per heavy atom. The smallest absolute Gasteiger partial charge is 0.0777 e. The normalized spacial score (nSPS) is 13.1. The van der Waals surface area contributed by atoms with E-state index in [9.17, 15) is 5.11 Å². The van der Waals surface area contributed by atoms with E-state index >= 15 is 0 Å². The van der Waals surface area contributed by atoms with E-state index < -0.39 is 0 Å². The SMILES string of the molecule is CCn1nc(C)cc1CCC(O)COC.